The zero-order valence-corrected chi connectivity index (χ0v) is 4.51. The molecule has 0 saturated carbocycles. The largest absolute Gasteiger partial charge is 0.256 e. The number of thiol groups is 1. The molecule has 1 N–H and O–H groups in total. The predicted molar refractivity (Wildman–Crippen MR) is 25.9 cm³/mol. The molecule has 0 radical (unpaired) electrons. The third-order valence-electron chi connectivity index (χ3n) is 0.0598. The monoisotopic (exact) mass is 141 g/mol. The molecule has 1 nitrogen and oxygen atoms in total. The van der Waals surface area contributed by atoms with Crippen molar-refractivity contribution in [1.29, 1.82) is 0 Å². The first-order valence-electron chi connectivity index (χ1n) is 0.844. The van der Waals surface area contributed by atoms with Crippen LogP contribution in [0.1, 0.15) is 0 Å². The van der Waals surface area contributed by atoms with Crippen molar-refractivity contribution in [2.24, 2.45) is 0 Å². The molecular weight excluding hydrogens is 138 g/mol. The maximum Gasteiger partial charge on any atom is 0.0611 e. The van der Waals surface area contributed by atoms with Crippen LogP contribution in [0.3, 0.4) is 0 Å². The topological polar surface area (TPSA) is 12.0 Å². The van der Waals surface area contributed by atoms with Crippen molar-refractivity contribution < 1.29 is 0 Å². The van der Waals surface area contributed by atoms with Crippen molar-refractivity contribution in [2.45, 2.75) is 0 Å². The molecule has 0 aliphatic rings. The van der Waals surface area contributed by atoms with Crippen molar-refractivity contribution >= 4 is 28.7 Å². The highest BCUT2D eigenvalue weighted by Crippen LogP contribution is 1.69. The fourth-order valence-electron chi connectivity index (χ4n) is 0. The Morgan fingerprint density at radius 1 is 2.00 bits per heavy atom. The molecule has 0 saturated heterocycles. The van der Waals surface area contributed by atoms with Gasteiger partial charge in [-0.3, -0.25) is 4.72 Å². The van der Waals surface area contributed by atoms with Gasteiger partial charge in [-0.1, -0.05) is 28.7 Å². The summed E-state index contributed by atoms with van der Waals surface area (Å²) in [7, 11) is 0. The van der Waals surface area contributed by atoms with Crippen LogP contribution in [0.25, 0.3) is 0 Å². The summed E-state index contributed by atoms with van der Waals surface area (Å²) in [5.74, 6) is 0. The van der Waals surface area contributed by atoms with Gasteiger partial charge in [0, 0.05) is 0 Å². The summed E-state index contributed by atoms with van der Waals surface area (Å²) >= 11 is 6.68. The maximum atomic E-state index is 3.62. The number of halogens is 1. The normalized spacial score (nSPS) is 7.50. The van der Waals surface area contributed by atoms with Gasteiger partial charge in [0.15, 0.2) is 0 Å². The molecule has 4 heavy (non-hydrogen) atoms. The van der Waals surface area contributed by atoms with Gasteiger partial charge in [-0.15, -0.1) is 0 Å². The van der Waals surface area contributed by atoms with Gasteiger partial charge in [0.05, 0.1) is 5.45 Å². The molecule has 0 spiro atoms. The van der Waals surface area contributed by atoms with Gasteiger partial charge < -0.3 is 0 Å². The molecule has 0 aromatic carbocycles. The van der Waals surface area contributed by atoms with Crippen LogP contribution in [0.5, 0.6) is 0 Å². The summed E-state index contributed by atoms with van der Waals surface area (Å²) in [6.07, 6.45) is 0. The van der Waals surface area contributed by atoms with E-state index in [1.807, 2.05) is 0 Å². The summed E-state index contributed by atoms with van der Waals surface area (Å²) < 4.78 is 2.54. The minimum Gasteiger partial charge on any atom is -0.256 e. The lowest BCUT2D eigenvalue weighted by molar-refractivity contribution is 1.27. The number of rotatable bonds is 1. The third-order valence-corrected chi connectivity index (χ3v) is 0.932. The number of hydrogen-bond donors (Lipinski definition) is 2. The molecule has 3 heteroatoms. The van der Waals surface area contributed by atoms with Crippen LogP contribution in [0.15, 0.2) is 0 Å². The van der Waals surface area contributed by atoms with E-state index in [-0.39, 0.29) is 0 Å². The molecule has 0 rings (SSSR count). The van der Waals surface area contributed by atoms with Crippen LogP contribution >= 0.6 is 28.7 Å². The second-order valence-electron chi connectivity index (χ2n) is 0.292. The average molecular weight is 142 g/mol. The molecule has 0 aromatic rings. The van der Waals surface area contributed by atoms with Gasteiger partial charge in [0.25, 0.3) is 0 Å². The molecule has 0 unspecified atom stereocenters. The summed E-state index contributed by atoms with van der Waals surface area (Å²) in [4.78, 5) is 0. The van der Waals surface area contributed by atoms with E-state index in [9.17, 15) is 0 Å². The zero-order valence-electron chi connectivity index (χ0n) is 2.03. The lowest BCUT2D eigenvalue weighted by atomic mass is 11.6. The van der Waals surface area contributed by atoms with Crippen molar-refractivity contribution in [3.8, 4) is 0 Å². The molecule has 0 atom stereocenters. The highest BCUT2D eigenvalue weighted by molar-refractivity contribution is 9.09. The summed E-state index contributed by atoms with van der Waals surface area (Å²) in [5.41, 5.74) is 0.746. The number of alkyl halides is 1. The Labute approximate surface area is 39.4 Å². The first kappa shape index (κ1) is 4.79. The van der Waals surface area contributed by atoms with Crippen molar-refractivity contribution in [3.05, 3.63) is 0 Å². The van der Waals surface area contributed by atoms with E-state index >= 15 is 0 Å². The highest BCUT2D eigenvalue weighted by atomic mass is 79.9. The highest BCUT2D eigenvalue weighted by Gasteiger charge is 1.53. The van der Waals surface area contributed by atoms with Gasteiger partial charge >= 0.3 is 0 Å². The third kappa shape index (κ3) is 2.79. The lowest BCUT2D eigenvalue weighted by Gasteiger charge is -1.72. The van der Waals surface area contributed by atoms with Gasteiger partial charge in [0.2, 0.25) is 0 Å². The number of nitrogens with one attached hydrogen (secondary N) is 1. The van der Waals surface area contributed by atoms with Crippen molar-refractivity contribution in [2.75, 3.05) is 5.45 Å². The second-order valence-corrected chi connectivity index (χ2v) is 1.17. The Morgan fingerprint density at radius 2 is 2.25 bits per heavy atom. The van der Waals surface area contributed by atoms with Gasteiger partial charge in [-0.2, -0.15) is 0 Å². The second kappa shape index (κ2) is 3.79. The van der Waals surface area contributed by atoms with E-state index in [0.717, 1.165) is 5.45 Å². The van der Waals surface area contributed by atoms with Crippen LogP contribution in [-0.4, -0.2) is 5.45 Å². The molecule has 0 heterocycles. The average Bonchev–Trinajstić information content (AvgIpc) is 1.37. The van der Waals surface area contributed by atoms with Gasteiger partial charge in [-0.05, 0) is 0 Å². The molecular formula is CH4BrNS. The summed E-state index contributed by atoms with van der Waals surface area (Å²) in [5, 5.41) is 0. The van der Waals surface area contributed by atoms with Crippen molar-refractivity contribution in [1.82, 2.24) is 4.72 Å². The van der Waals surface area contributed by atoms with E-state index in [1.165, 1.54) is 0 Å². The maximum absolute atomic E-state index is 3.62. The zero-order chi connectivity index (χ0) is 3.41. The Morgan fingerprint density at radius 3 is 2.25 bits per heavy atom. The van der Waals surface area contributed by atoms with E-state index in [1.54, 1.807) is 0 Å². The first-order chi connectivity index (χ1) is 1.91. The fraction of sp³-hybridized carbons (Fsp3) is 1.00. The summed E-state index contributed by atoms with van der Waals surface area (Å²) in [6.45, 7) is 0. The molecule has 0 bridgehead atoms. The SMILES string of the molecule is SNCBr. The Balaban J connectivity index is 1.97. The molecule has 0 amide bonds. The van der Waals surface area contributed by atoms with Crippen LogP contribution in [0, 0.1) is 0 Å². The van der Waals surface area contributed by atoms with Gasteiger partial charge in [-0.25, -0.2) is 0 Å². The Kier molecular flexibility index (Phi) is 4.54. The minimum absolute atomic E-state index is 0.746. The summed E-state index contributed by atoms with van der Waals surface area (Å²) in [6, 6.07) is 0. The van der Waals surface area contributed by atoms with Crippen LogP contribution < -0.4 is 4.72 Å². The Hall–Kier alpha value is 0.790. The van der Waals surface area contributed by atoms with E-state index in [4.69, 9.17) is 0 Å². The lowest BCUT2D eigenvalue weighted by Crippen LogP contribution is -1.87. The van der Waals surface area contributed by atoms with E-state index < -0.39 is 0 Å². The number of hydrogen-bond acceptors (Lipinski definition) is 2. The van der Waals surface area contributed by atoms with Crippen LogP contribution in [0.4, 0.5) is 0 Å². The fourth-order valence-corrected chi connectivity index (χ4v) is 0. The predicted octanol–water partition coefficient (Wildman–Crippen LogP) is 0.773. The van der Waals surface area contributed by atoms with Crippen LogP contribution in [0.2, 0.25) is 0 Å². The smallest absolute Gasteiger partial charge is 0.0611 e. The molecule has 26 valence electrons. The molecule has 0 aromatic heterocycles. The quantitative estimate of drug-likeness (QED) is 0.313. The molecule has 0 fully saturated rings. The molecule has 0 aliphatic carbocycles. The van der Waals surface area contributed by atoms with Crippen LogP contribution in [-0.2, 0) is 0 Å². The van der Waals surface area contributed by atoms with E-state index in [0.29, 0.717) is 0 Å². The first-order valence-corrected chi connectivity index (χ1v) is 2.41. The standard InChI is InChI=1S/CH4BrNS/c2-1-3-4/h3-4H,1H2. The van der Waals surface area contributed by atoms with Gasteiger partial charge in [0.1, 0.15) is 0 Å². The van der Waals surface area contributed by atoms with Crippen molar-refractivity contribution in [3.63, 3.8) is 0 Å². The molecule has 0 aliphatic heterocycles. The van der Waals surface area contributed by atoms with E-state index in [2.05, 4.69) is 33.5 Å². The Bertz CT molecular complexity index is 10.0. The minimum atomic E-state index is 0.746.